The van der Waals surface area contributed by atoms with E-state index in [1.165, 1.54) is 12.3 Å². The average molecular weight is 347 g/mol. The molecule has 0 atom stereocenters. The highest BCUT2D eigenvalue weighted by Crippen LogP contribution is 2.19. The molecule has 0 bridgehead atoms. The first-order valence-corrected chi connectivity index (χ1v) is 7.78. The monoisotopic (exact) mass is 346 g/mol. The smallest absolute Gasteiger partial charge is 0.287 e. The fourth-order valence-electron chi connectivity index (χ4n) is 2.55. The molecular weight excluding hydrogens is 332 g/mol. The van der Waals surface area contributed by atoms with Crippen LogP contribution in [0.15, 0.2) is 42.6 Å². The summed E-state index contributed by atoms with van der Waals surface area (Å²) >= 11 is 5.86. The molecule has 1 aromatic heterocycles. The van der Waals surface area contributed by atoms with E-state index in [4.69, 9.17) is 11.6 Å². The Labute approximate surface area is 143 Å². The minimum absolute atomic E-state index is 0.00338. The number of nitro groups is 1. The molecule has 1 fully saturated rings. The van der Waals surface area contributed by atoms with Gasteiger partial charge in [-0.25, -0.2) is 4.98 Å². The van der Waals surface area contributed by atoms with E-state index in [9.17, 15) is 14.9 Å². The number of carbonyl (C=O) groups is 1. The number of anilines is 1. The Balaban J connectivity index is 1.63. The Morgan fingerprint density at radius 1 is 1.17 bits per heavy atom. The SMILES string of the molecule is O=C1CN(c2ccc([N+](=O)[O-])cn2)CCN1Cc1ccc(Cl)cc1. The van der Waals surface area contributed by atoms with Crippen LogP contribution in [-0.4, -0.2) is 40.3 Å². The van der Waals surface area contributed by atoms with Crippen molar-refractivity contribution in [3.8, 4) is 0 Å². The number of rotatable bonds is 4. The summed E-state index contributed by atoms with van der Waals surface area (Å²) in [6.45, 7) is 1.94. The van der Waals surface area contributed by atoms with Gasteiger partial charge >= 0.3 is 0 Å². The molecule has 2 heterocycles. The first-order valence-electron chi connectivity index (χ1n) is 7.40. The highest BCUT2D eigenvalue weighted by molar-refractivity contribution is 6.30. The summed E-state index contributed by atoms with van der Waals surface area (Å²) in [4.78, 5) is 30.2. The lowest BCUT2D eigenvalue weighted by Gasteiger charge is -2.35. The molecule has 0 unspecified atom stereocenters. The summed E-state index contributed by atoms with van der Waals surface area (Å²) in [7, 11) is 0. The van der Waals surface area contributed by atoms with Crippen LogP contribution >= 0.6 is 11.6 Å². The first kappa shape index (κ1) is 16.2. The number of halogens is 1. The zero-order valence-electron chi connectivity index (χ0n) is 12.8. The van der Waals surface area contributed by atoms with Gasteiger partial charge in [0.2, 0.25) is 5.91 Å². The van der Waals surface area contributed by atoms with Gasteiger partial charge in [0.05, 0.1) is 11.5 Å². The van der Waals surface area contributed by atoms with E-state index in [2.05, 4.69) is 4.98 Å². The third kappa shape index (κ3) is 3.62. The number of hydrogen-bond acceptors (Lipinski definition) is 5. The van der Waals surface area contributed by atoms with Crippen LogP contribution in [0.2, 0.25) is 5.02 Å². The second-order valence-corrected chi connectivity index (χ2v) is 5.93. The van der Waals surface area contributed by atoms with Crippen LogP contribution < -0.4 is 4.90 Å². The van der Waals surface area contributed by atoms with Crippen LogP contribution in [0, 0.1) is 10.1 Å². The Kier molecular flexibility index (Phi) is 4.61. The third-order valence-corrected chi connectivity index (χ3v) is 4.12. The summed E-state index contributed by atoms with van der Waals surface area (Å²) in [5, 5.41) is 11.3. The minimum atomic E-state index is -0.494. The molecule has 1 aliphatic heterocycles. The summed E-state index contributed by atoms with van der Waals surface area (Å²) < 4.78 is 0. The number of carbonyl (C=O) groups excluding carboxylic acids is 1. The van der Waals surface area contributed by atoms with Crippen LogP contribution in [0.5, 0.6) is 0 Å². The average Bonchev–Trinajstić information content (AvgIpc) is 2.58. The molecule has 1 aliphatic rings. The van der Waals surface area contributed by atoms with Crippen molar-refractivity contribution in [2.45, 2.75) is 6.54 Å². The predicted octanol–water partition coefficient (Wildman–Crippen LogP) is 2.49. The van der Waals surface area contributed by atoms with Crippen molar-refractivity contribution in [2.75, 3.05) is 24.5 Å². The van der Waals surface area contributed by atoms with Crippen molar-refractivity contribution < 1.29 is 9.72 Å². The molecule has 0 radical (unpaired) electrons. The van der Waals surface area contributed by atoms with Crippen molar-refractivity contribution in [1.29, 1.82) is 0 Å². The van der Waals surface area contributed by atoms with Gasteiger partial charge in [-0.15, -0.1) is 0 Å². The molecule has 3 rings (SSSR count). The number of aromatic nitrogens is 1. The zero-order valence-corrected chi connectivity index (χ0v) is 13.5. The molecule has 124 valence electrons. The van der Waals surface area contributed by atoms with Gasteiger partial charge < -0.3 is 9.80 Å². The highest BCUT2D eigenvalue weighted by atomic mass is 35.5. The quantitative estimate of drug-likeness (QED) is 0.627. The first-order chi connectivity index (χ1) is 11.5. The van der Waals surface area contributed by atoms with Crippen LogP contribution in [0.3, 0.4) is 0 Å². The second-order valence-electron chi connectivity index (χ2n) is 5.50. The van der Waals surface area contributed by atoms with E-state index in [0.29, 0.717) is 30.5 Å². The Hall–Kier alpha value is -2.67. The lowest BCUT2D eigenvalue weighted by atomic mass is 10.2. The van der Waals surface area contributed by atoms with Crippen molar-refractivity contribution in [3.05, 3.63) is 63.3 Å². The van der Waals surface area contributed by atoms with E-state index in [1.54, 1.807) is 23.1 Å². The third-order valence-electron chi connectivity index (χ3n) is 3.87. The highest BCUT2D eigenvalue weighted by Gasteiger charge is 2.25. The lowest BCUT2D eigenvalue weighted by Crippen LogP contribution is -2.50. The molecule has 8 heteroatoms. The Morgan fingerprint density at radius 3 is 2.50 bits per heavy atom. The zero-order chi connectivity index (χ0) is 17.1. The van der Waals surface area contributed by atoms with Crippen molar-refractivity contribution in [1.82, 2.24) is 9.88 Å². The van der Waals surface area contributed by atoms with E-state index in [-0.39, 0.29) is 18.1 Å². The Morgan fingerprint density at radius 2 is 1.92 bits per heavy atom. The summed E-state index contributed by atoms with van der Waals surface area (Å²) in [5.74, 6) is 0.566. The molecule has 1 amide bonds. The van der Waals surface area contributed by atoms with Crippen LogP contribution in [0.4, 0.5) is 11.5 Å². The maximum atomic E-state index is 12.3. The van der Waals surface area contributed by atoms with E-state index < -0.39 is 4.92 Å². The number of piperazine rings is 1. The molecule has 24 heavy (non-hydrogen) atoms. The van der Waals surface area contributed by atoms with Gasteiger partial charge in [0.25, 0.3) is 5.69 Å². The van der Waals surface area contributed by atoms with E-state index in [1.807, 2.05) is 17.0 Å². The van der Waals surface area contributed by atoms with Gasteiger partial charge in [0.15, 0.2) is 0 Å². The van der Waals surface area contributed by atoms with E-state index >= 15 is 0 Å². The van der Waals surface area contributed by atoms with Crippen LogP contribution in [-0.2, 0) is 11.3 Å². The normalized spacial score (nSPS) is 14.8. The second kappa shape index (κ2) is 6.84. The molecule has 1 aromatic carbocycles. The number of hydrogen-bond donors (Lipinski definition) is 0. The fourth-order valence-corrected chi connectivity index (χ4v) is 2.68. The van der Waals surface area contributed by atoms with Gasteiger partial charge in [-0.05, 0) is 23.8 Å². The van der Waals surface area contributed by atoms with Crippen molar-refractivity contribution in [3.63, 3.8) is 0 Å². The number of amides is 1. The maximum absolute atomic E-state index is 12.3. The number of benzene rings is 1. The summed E-state index contributed by atoms with van der Waals surface area (Å²) in [6, 6.07) is 10.4. The summed E-state index contributed by atoms with van der Waals surface area (Å²) in [5.41, 5.74) is 0.959. The molecule has 0 spiro atoms. The largest absolute Gasteiger partial charge is 0.346 e. The molecule has 1 saturated heterocycles. The van der Waals surface area contributed by atoms with Gasteiger partial charge in [0.1, 0.15) is 12.0 Å². The lowest BCUT2D eigenvalue weighted by molar-refractivity contribution is -0.385. The van der Waals surface area contributed by atoms with Gasteiger partial charge in [-0.2, -0.15) is 0 Å². The molecule has 0 N–H and O–H groups in total. The Bertz CT molecular complexity index is 749. The molecule has 0 aliphatic carbocycles. The standard InChI is InChI=1S/C16H15ClN4O3/c17-13-3-1-12(2-4-13)10-20-8-7-19(11-16(20)22)15-6-5-14(9-18-15)21(23)24/h1-6,9H,7-8,10-11H2. The predicted molar refractivity (Wildman–Crippen MR) is 90.0 cm³/mol. The minimum Gasteiger partial charge on any atom is -0.346 e. The number of pyridine rings is 1. The van der Waals surface area contributed by atoms with Crippen molar-refractivity contribution >= 4 is 29.0 Å². The van der Waals surface area contributed by atoms with Gasteiger partial charge in [-0.3, -0.25) is 14.9 Å². The van der Waals surface area contributed by atoms with Gasteiger partial charge in [0, 0.05) is 30.7 Å². The maximum Gasteiger partial charge on any atom is 0.287 e. The van der Waals surface area contributed by atoms with Crippen LogP contribution in [0.25, 0.3) is 0 Å². The summed E-state index contributed by atoms with van der Waals surface area (Å²) in [6.07, 6.45) is 1.21. The van der Waals surface area contributed by atoms with Gasteiger partial charge in [-0.1, -0.05) is 23.7 Å². The molecule has 0 saturated carbocycles. The van der Waals surface area contributed by atoms with Crippen LogP contribution in [0.1, 0.15) is 5.56 Å². The molecule has 2 aromatic rings. The van der Waals surface area contributed by atoms with E-state index in [0.717, 1.165) is 5.56 Å². The number of nitrogens with zero attached hydrogens (tertiary/aromatic N) is 4. The molecular formula is C16H15ClN4O3. The van der Waals surface area contributed by atoms with Crippen molar-refractivity contribution in [2.24, 2.45) is 0 Å². The topological polar surface area (TPSA) is 79.6 Å². The molecule has 7 nitrogen and oxygen atoms in total. The fraction of sp³-hybridized carbons (Fsp3) is 0.250.